The summed E-state index contributed by atoms with van der Waals surface area (Å²) in [7, 11) is 0. The molecule has 0 fully saturated rings. The molecule has 0 saturated carbocycles. The average molecular weight is 279 g/mol. The van der Waals surface area contributed by atoms with Gasteiger partial charge in [0, 0.05) is 16.5 Å². The van der Waals surface area contributed by atoms with Crippen LogP contribution in [-0.2, 0) is 6.54 Å². The van der Waals surface area contributed by atoms with Crippen molar-refractivity contribution < 1.29 is 14.3 Å². The van der Waals surface area contributed by atoms with Crippen molar-refractivity contribution in [3.8, 4) is 0 Å². The second kappa shape index (κ2) is 6.04. The van der Waals surface area contributed by atoms with Gasteiger partial charge < -0.3 is 14.8 Å². The second-order valence-corrected chi connectivity index (χ2v) is 5.37. The smallest absolute Gasteiger partial charge is 0.372 e. The van der Waals surface area contributed by atoms with Crippen molar-refractivity contribution in [2.45, 2.75) is 32.9 Å². The van der Waals surface area contributed by atoms with Crippen LogP contribution in [0.25, 0.3) is 0 Å². The van der Waals surface area contributed by atoms with E-state index in [1.807, 2.05) is 6.07 Å². The number of rotatable bonds is 6. The number of nitrogens with one attached hydrogen (secondary N) is 1. The molecule has 0 aliphatic carbocycles. The number of thiophene rings is 1. The highest BCUT2D eigenvalue weighted by Gasteiger charge is 2.15. The summed E-state index contributed by atoms with van der Waals surface area (Å²) in [5, 5.41) is 14.4. The molecule has 0 saturated heterocycles. The van der Waals surface area contributed by atoms with Gasteiger partial charge in [-0.3, -0.25) is 0 Å². The molecule has 102 valence electrons. The van der Waals surface area contributed by atoms with E-state index in [9.17, 15) is 4.79 Å². The molecule has 2 aromatic heterocycles. The van der Waals surface area contributed by atoms with E-state index in [1.165, 1.54) is 4.88 Å². The number of carboxylic acid groups (broad SMARTS) is 1. The van der Waals surface area contributed by atoms with E-state index in [0.717, 1.165) is 6.42 Å². The number of hydrogen-bond acceptors (Lipinski definition) is 4. The first-order chi connectivity index (χ1) is 9.11. The molecule has 19 heavy (non-hydrogen) atoms. The Hall–Kier alpha value is -1.59. The fourth-order valence-corrected chi connectivity index (χ4v) is 2.89. The predicted octanol–water partition coefficient (Wildman–Crippen LogP) is 3.59. The largest absolute Gasteiger partial charge is 0.475 e. The average Bonchev–Trinajstić information content (AvgIpc) is 3.00. The van der Waals surface area contributed by atoms with Crippen molar-refractivity contribution in [3.05, 3.63) is 45.5 Å². The van der Waals surface area contributed by atoms with Crippen LogP contribution in [0, 0.1) is 6.92 Å². The highest BCUT2D eigenvalue weighted by atomic mass is 32.1. The lowest BCUT2D eigenvalue weighted by Gasteiger charge is -2.14. The highest BCUT2D eigenvalue weighted by molar-refractivity contribution is 7.10. The van der Waals surface area contributed by atoms with Crippen LogP contribution in [0.5, 0.6) is 0 Å². The second-order valence-electron chi connectivity index (χ2n) is 4.39. The number of aryl methyl sites for hydroxylation is 1. The highest BCUT2D eigenvalue weighted by Crippen LogP contribution is 2.22. The van der Waals surface area contributed by atoms with Gasteiger partial charge in [0.2, 0.25) is 5.76 Å². The van der Waals surface area contributed by atoms with Crippen LogP contribution in [0.15, 0.2) is 28.0 Å². The maximum absolute atomic E-state index is 10.9. The molecule has 0 aliphatic rings. The monoisotopic (exact) mass is 279 g/mol. The lowest BCUT2D eigenvalue weighted by molar-refractivity contribution is 0.0659. The van der Waals surface area contributed by atoms with Crippen molar-refractivity contribution >= 4 is 17.3 Å². The van der Waals surface area contributed by atoms with Gasteiger partial charge >= 0.3 is 5.97 Å². The molecule has 0 aliphatic heterocycles. The third kappa shape index (κ3) is 3.24. The van der Waals surface area contributed by atoms with Crippen LogP contribution in [0.2, 0.25) is 0 Å². The van der Waals surface area contributed by atoms with Crippen molar-refractivity contribution in [1.82, 2.24) is 5.32 Å². The molecule has 1 unspecified atom stereocenters. The van der Waals surface area contributed by atoms with Crippen LogP contribution in [-0.4, -0.2) is 11.1 Å². The van der Waals surface area contributed by atoms with E-state index < -0.39 is 5.97 Å². The zero-order valence-corrected chi connectivity index (χ0v) is 11.8. The molecule has 1 atom stereocenters. The molecule has 4 nitrogen and oxygen atoms in total. The number of carbonyl (C=O) groups is 1. The first kappa shape index (κ1) is 13.8. The predicted molar refractivity (Wildman–Crippen MR) is 74.6 cm³/mol. The molecule has 0 bridgehead atoms. The third-order valence-corrected chi connectivity index (χ3v) is 3.97. The number of carboxylic acids is 1. The van der Waals surface area contributed by atoms with Gasteiger partial charge in [0.05, 0.1) is 6.54 Å². The minimum absolute atomic E-state index is 0.0287. The van der Waals surface area contributed by atoms with Crippen molar-refractivity contribution in [2.75, 3.05) is 0 Å². The molecule has 5 heteroatoms. The minimum Gasteiger partial charge on any atom is -0.475 e. The van der Waals surface area contributed by atoms with Gasteiger partial charge in [-0.2, -0.15) is 0 Å². The summed E-state index contributed by atoms with van der Waals surface area (Å²) in [5.74, 6) is -0.333. The Morgan fingerprint density at radius 3 is 2.89 bits per heavy atom. The Bertz CT molecular complexity index is 545. The summed E-state index contributed by atoms with van der Waals surface area (Å²) in [6.45, 7) is 4.39. The van der Waals surface area contributed by atoms with Crippen molar-refractivity contribution in [1.29, 1.82) is 0 Å². The zero-order chi connectivity index (χ0) is 13.8. The molecule has 0 amide bonds. The number of aromatic carboxylic acids is 1. The Morgan fingerprint density at radius 1 is 1.58 bits per heavy atom. The number of hydrogen-bond donors (Lipinski definition) is 2. The lowest BCUT2D eigenvalue weighted by Crippen LogP contribution is -2.19. The van der Waals surface area contributed by atoms with Crippen LogP contribution in [0.1, 0.15) is 46.1 Å². The normalized spacial score (nSPS) is 12.5. The first-order valence-electron chi connectivity index (χ1n) is 6.21. The van der Waals surface area contributed by atoms with Gasteiger partial charge in [-0.1, -0.05) is 13.0 Å². The Kier molecular flexibility index (Phi) is 4.39. The lowest BCUT2D eigenvalue weighted by atomic mass is 10.2. The van der Waals surface area contributed by atoms with Crippen LogP contribution in [0.3, 0.4) is 0 Å². The first-order valence-corrected chi connectivity index (χ1v) is 7.09. The SMILES string of the molecule is CCC(NCc1cc(C)c(C(=O)O)o1)c1cccs1. The van der Waals surface area contributed by atoms with Gasteiger partial charge in [-0.05, 0) is 30.9 Å². The summed E-state index contributed by atoms with van der Waals surface area (Å²) in [6.07, 6.45) is 0.978. The van der Waals surface area contributed by atoms with E-state index in [0.29, 0.717) is 17.9 Å². The van der Waals surface area contributed by atoms with Crippen molar-refractivity contribution in [3.63, 3.8) is 0 Å². The molecule has 2 rings (SSSR count). The maximum Gasteiger partial charge on any atom is 0.372 e. The van der Waals surface area contributed by atoms with E-state index >= 15 is 0 Å². The minimum atomic E-state index is -1.02. The summed E-state index contributed by atoms with van der Waals surface area (Å²) in [6, 6.07) is 6.18. The standard InChI is InChI=1S/C14H17NO3S/c1-3-11(12-5-4-6-19-12)15-8-10-7-9(2)13(18-10)14(16)17/h4-7,11,15H,3,8H2,1-2H3,(H,16,17). The van der Waals surface area contributed by atoms with Gasteiger partial charge in [0.1, 0.15) is 5.76 Å². The molecular weight excluding hydrogens is 262 g/mol. The molecule has 0 radical (unpaired) electrons. The Balaban J connectivity index is 2.02. The fourth-order valence-electron chi connectivity index (χ4n) is 2.01. The number of furan rings is 1. The van der Waals surface area contributed by atoms with Crippen LogP contribution < -0.4 is 5.32 Å². The zero-order valence-electron chi connectivity index (χ0n) is 11.0. The van der Waals surface area contributed by atoms with Gasteiger partial charge in [-0.15, -0.1) is 11.3 Å². The molecule has 2 aromatic rings. The van der Waals surface area contributed by atoms with E-state index in [4.69, 9.17) is 9.52 Å². The van der Waals surface area contributed by atoms with E-state index in [2.05, 4.69) is 23.7 Å². The van der Waals surface area contributed by atoms with Gasteiger partial charge in [0.25, 0.3) is 0 Å². The molecule has 0 aromatic carbocycles. The molecule has 2 N–H and O–H groups in total. The Morgan fingerprint density at radius 2 is 2.37 bits per heavy atom. The molecular formula is C14H17NO3S. The summed E-state index contributed by atoms with van der Waals surface area (Å²) < 4.78 is 5.33. The van der Waals surface area contributed by atoms with Gasteiger partial charge in [0.15, 0.2) is 0 Å². The maximum atomic E-state index is 10.9. The summed E-state index contributed by atoms with van der Waals surface area (Å²) in [4.78, 5) is 12.2. The van der Waals surface area contributed by atoms with Crippen LogP contribution in [0.4, 0.5) is 0 Å². The summed E-state index contributed by atoms with van der Waals surface area (Å²) >= 11 is 1.72. The van der Waals surface area contributed by atoms with Crippen LogP contribution >= 0.6 is 11.3 Å². The van der Waals surface area contributed by atoms with Gasteiger partial charge in [-0.25, -0.2) is 4.79 Å². The van der Waals surface area contributed by atoms with E-state index in [-0.39, 0.29) is 11.8 Å². The fraction of sp³-hybridized carbons (Fsp3) is 0.357. The Labute approximate surface area is 116 Å². The third-order valence-electron chi connectivity index (χ3n) is 2.98. The topological polar surface area (TPSA) is 62.5 Å². The molecule has 2 heterocycles. The quantitative estimate of drug-likeness (QED) is 0.848. The summed E-state index contributed by atoms with van der Waals surface area (Å²) in [5.41, 5.74) is 0.661. The molecule has 0 spiro atoms. The van der Waals surface area contributed by atoms with E-state index in [1.54, 1.807) is 24.3 Å². The van der Waals surface area contributed by atoms with Crippen molar-refractivity contribution in [2.24, 2.45) is 0 Å².